The lowest BCUT2D eigenvalue weighted by Crippen LogP contribution is -2.30. The Hall–Kier alpha value is -2.60. The number of aryl methyl sites for hydroxylation is 2. The number of hydrogen-bond acceptors (Lipinski definition) is 4. The van der Waals surface area contributed by atoms with E-state index < -0.39 is 35.1 Å². The summed E-state index contributed by atoms with van der Waals surface area (Å²) in [6, 6.07) is 7.21. The van der Waals surface area contributed by atoms with Crippen LogP contribution in [0, 0.1) is 19.7 Å². The fraction of sp³-hybridized carbons (Fsp3) is 0.222. The molecule has 0 bridgehead atoms. The Morgan fingerprint density at radius 3 is 2.60 bits per heavy atom. The van der Waals surface area contributed by atoms with Gasteiger partial charge in [-0.25, -0.2) is 9.18 Å². The van der Waals surface area contributed by atoms with Crippen LogP contribution in [-0.4, -0.2) is 23.1 Å². The number of anilines is 1. The number of nitrogens with one attached hydrogen (secondary N) is 1. The Bertz CT molecular complexity index is 838. The average molecular weight is 366 g/mol. The first-order chi connectivity index (χ1) is 11.7. The largest absolute Gasteiger partial charge is 0.505 e. The second kappa shape index (κ2) is 7.53. The zero-order valence-electron chi connectivity index (χ0n) is 13.9. The van der Waals surface area contributed by atoms with Crippen LogP contribution in [0.15, 0.2) is 30.3 Å². The molecule has 1 atom stereocenters. The molecule has 0 aromatic heterocycles. The van der Waals surface area contributed by atoms with Gasteiger partial charge in [0.05, 0.1) is 5.02 Å². The van der Waals surface area contributed by atoms with Crippen LogP contribution in [0.4, 0.5) is 10.1 Å². The second-order valence-electron chi connectivity index (χ2n) is 5.64. The van der Waals surface area contributed by atoms with Gasteiger partial charge < -0.3 is 15.2 Å². The first kappa shape index (κ1) is 18.7. The molecule has 2 aromatic rings. The predicted molar refractivity (Wildman–Crippen MR) is 92.5 cm³/mol. The zero-order chi connectivity index (χ0) is 18.7. The van der Waals surface area contributed by atoms with E-state index in [1.54, 1.807) is 6.07 Å². The second-order valence-corrected chi connectivity index (χ2v) is 6.05. The third-order valence-corrected chi connectivity index (χ3v) is 3.84. The van der Waals surface area contributed by atoms with Crippen molar-refractivity contribution >= 4 is 29.2 Å². The van der Waals surface area contributed by atoms with Crippen molar-refractivity contribution in [3.63, 3.8) is 0 Å². The number of carbonyl (C=O) groups is 2. The molecule has 0 aliphatic carbocycles. The van der Waals surface area contributed by atoms with Gasteiger partial charge in [-0.05, 0) is 50.1 Å². The monoisotopic (exact) mass is 365 g/mol. The maximum Gasteiger partial charge on any atom is 0.342 e. The van der Waals surface area contributed by atoms with Crippen molar-refractivity contribution in [3.05, 3.63) is 57.9 Å². The lowest BCUT2D eigenvalue weighted by atomic mass is 10.1. The summed E-state index contributed by atoms with van der Waals surface area (Å²) in [4.78, 5) is 24.3. The zero-order valence-corrected chi connectivity index (χ0v) is 14.6. The van der Waals surface area contributed by atoms with Crippen LogP contribution in [0.25, 0.3) is 0 Å². The number of phenols is 1. The number of benzene rings is 2. The number of aromatic hydroxyl groups is 1. The van der Waals surface area contributed by atoms with E-state index in [-0.39, 0.29) is 5.02 Å². The van der Waals surface area contributed by atoms with Gasteiger partial charge in [0, 0.05) is 5.69 Å². The molecule has 0 heterocycles. The Morgan fingerprint density at radius 2 is 1.92 bits per heavy atom. The minimum atomic E-state index is -1.16. The topological polar surface area (TPSA) is 75.6 Å². The molecule has 1 amide bonds. The third-order valence-electron chi connectivity index (χ3n) is 3.55. The number of carbonyl (C=O) groups excluding carboxylic acids is 2. The first-order valence-electron chi connectivity index (χ1n) is 7.46. The average Bonchev–Trinajstić information content (AvgIpc) is 2.54. The summed E-state index contributed by atoms with van der Waals surface area (Å²) in [6.07, 6.45) is -1.16. The molecule has 2 rings (SSSR count). The maximum atomic E-state index is 13.4. The number of esters is 1. The Balaban J connectivity index is 2.11. The van der Waals surface area contributed by atoms with Gasteiger partial charge in [-0.3, -0.25) is 4.79 Å². The van der Waals surface area contributed by atoms with Gasteiger partial charge in [-0.15, -0.1) is 0 Å². The van der Waals surface area contributed by atoms with Crippen molar-refractivity contribution in [1.82, 2.24) is 0 Å². The number of ether oxygens (including phenoxy) is 1. The Kier molecular flexibility index (Phi) is 5.64. The lowest BCUT2D eigenvalue weighted by molar-refractivity contribution is -0.123. The van der Waals surface area contributed by atoms with E-state index in [1.807, 2.05) is 26.0 Å². The van der Waals surface area contributed by atoms with E-state index in [0.717, 1.165) is 23.3 Å². The minimum Gasteiger partial charge on any atom is -0.505 e. The molecule has 0 aliphatic heterocycles. The number of amides is 1. The van der Waals surface area contributed by atoms with Crippen molar-refractivity contribution < 1.29 is 23.8 Å². The predicted octanol–water partition coefficient (Wildman–Crippen LogP) is 3.99. The standard InChI is InChI=1S/C18H17ClFNO4/c1-9-4-5-10(2)15(6-9)21-17(23)11(3)25-18(24)13-7-12(20)8-14(19)16(13)22/h4-8,11,22H,1-3H3,(H,21,23). The molecule has 0 fully saturated rings. The lowest BCUT2D eigenvalue weighted by Gasteiger charge is -2.15. The third kappa shape index (κ3) is 4.48. The van der Waals surface area contributed by atoms with E-state index in [1.165, 1.54) is 6.92 Å². The van der Waals surface area contributed by atoms with Gasteiger partial charge >= 0.3 is 5.97 Å². The molecular formula is C18H17ClFNO4. The summed E-state index contributed by atoms with van der Waals surface area (Å²) in [5.41, 5.74) is 1.97. The number of rotatable bonds is 4. The van der Waals surface area contributed by atoms with E-state index in [4.69, 9.17) is 16.3 Å². The highest BCUT2D eigenvalue weighted by atomic mass is 35.5. The van der Waals surface area contributed by atoms with Gasteiger partial charge in [0.2, 0.25) is 0 Å². The van der Waals surface area contributed by atoms with Crippen molar-refractivity contribution in [2.24, 2.45) is 0 Å². The molecule has 7 heteroatoms. The molecular weight excluding hydrogens is 349 g/mol. The van der Waals surface area contributed by atoms with Crippen molar-refractivity contribution in [2.45, 2.75) is 26.9 Å². The molecule has 25 heavy (non-hydrogen) atoms. The molecule has 132 valence electrons. The van der Waals surface area contributed by atoms with Crippen LogP contribution in [0.5, 0.6) is 5.75 Å². The van der Waals surface area contributed by atoms with Crippen LogP contribution >= 0.6 is 11.6 Å². The van der Waals surface area contributed by atoms with Gasteiger partial charge in [0.15, 0.2) is 6.10 Å². The molecule has 1 unspecified atom stereocenters. The maximum absolute atomic E-state index is 13.4. The highest BCUT2D eigenvalue weighted by molar-refractivity contribution is 6.32. The molecule has 0 radical (unpaired) electrons. The van der Waals surface area contributed by atoms with E-state index in [2.05, 4.69) is 5.32 Å². The van der Waals surface area contributed by atoms with Crippen molar-refractivity contribution in [3.8, 4) is 5.75 Å². The highest BCUT2D eigenvalue weighted by Gasteiger charge is 2.23. The fourth-order valence-electron chi connectivity index (χ4n) is 2.10. The van der Waals surface area contributed by atoms with E-state index >= 15 is 0 Å². The Morgan fingerprint density at radius 1 is 1.24 bits per heavy atom. The summed E-state index contributed by atoms with van der Waals surface area (Å²) in [7, 11) is 0. The van der Waals surface area contributed by atoms with Crippen molar-refractivity contribution in [2.75, 3.05) is 5.32 Å². The molecule has 2 aromatic carbocycles. The first-order valence-corrected chi connectivity index (χ1v) is 7.84. The quantitative estimate of drug-likeness (QED) is 0.803. The molecule has 5 nitrogen and oxygen atoms in total. The number of halogens is 2. The highest BCUT2D eigenvalue weighted by Crippen LogP contribution is 2.29. The fourth-order valence-corrected chi connectivity index (χ4v) is 2.31. The van der Waals surface area contributed by atoms with Crippen LogP contribution in [-0.2, 0) is 9.53 Å². The van der Waals surface area contributed by atoms with Crippen LogP contribution in [0.3, 0.4) is 0 Å². The summed E-state index contributed by atoms with van der Waals surface area (Å²) in [5.74, 6) is -3.01. The smallest absolute Gasteiger partial charge is 0.342 e. The van der Waals surface area contributed by atoms with Crippen molar-refractivity contribution in [1.29, 1.82) is 0 Å². The van der Waals surface area contributed by atoms with Crippen LogP contribution in [0.2, 0.25) is 5.02 Å². The Labute approximate surface area is 149 Å². The SMILES string of the molecule is Cc1ccc(C)c(NC(=O)C(C)OC(=O)c2cc(F)cc(Cl)c2O)c1. The van der Waals surface area contributed by atoms with Gasteiger partial charge in [-0.2, -0.15) is 0 Å². The van der Waals surface area contributed by atoms with Gasteiger partial charge in [0.1, 0.15) is 17.1 Å². The summed E-state index contributed by atoms with van der Waals surface area (Å²) < 4.78 is 18.3. The van der Waals surface area contributed by atoms with E-state index in [9.17, 15) is 19.1 Å². The summed E-state index contributed by atoms with van der Waals surface area (Å²) in [6.45, 7) is 5.09. The number of hydrogen-bond donors (Lipinski definition) is 2. The minimum absolute atomic E-state index is 0.320. The summed E-state index contributed by atoms with van der Waals surface area (Å²) >= 11 is 5.62. The molecule has 0 saturated carbocycles. The summed E-state index contributed by atoms with van der Waals surface area (Å²) in [5, 5.41) is 12.1. The van der Waals surface area contributed by atoms with Gasteiger partial charge in [-0.1, -0.05) is 23.7 Å². The van der Waals surface area contributed by atoms with Crippen LogP contribution < -0.4 is 5.32 Å². The molecule has 0 spiro atoms. The van der Waals surface area contributed by atoms with E-state index in [0.29, 0.717) is 5.69 Å². The molecule has 0 saturated heterocycles. The van der Waals surface area contributed by atoms with Crippen LogP contribution in [0.1, 0.15) is 28.4 Å². The molecule has 0 aliphatic rings. The van der Waals surface area contributed by atoms with Gasteiger partial charge in [0.25, 0.3) is 5.91 Å². The number of phenolic OH excluding ortho intramolecular Hbond substituents is 1. The normalized spacial score (nSPS) is 11.7. The molecule has 2 N–H and O–H groups in total.